The number of anilines is 1. The molecule has 0 amide bonds. The van der Waals surface area contributed by atoms with Gasteiger partial charge in [0.05, 0.1) is 12.6 Å². The second-order valence-electron chi connectivity index (χ2n) is 7.16. The van der Waals surface area contributed by atoms with Crippen molar-refractivity contribution in [2.45, 2.75) is 46.3 Å². The van der Waals surface area contributed by atoms with Crippen molar-refractivity contribution in [1.29, 1.82) is 0 Å². The van der Waals surface area contributed by atoms with Crippen LogP contribution in [0.4, 0.5) is 5.69 Å². The summed E-state index contributed by atoms with van der Waals surface area (Å²) in [5.74, 6) is 0. The van der Waals surface area contributed by atoms with Gasteiger partial charge in [-0.1, -0.05) is 37.3 Å². The van der Waals surface area contributed by atoms with Gasteiger partial charge in [0.15, 0.2) is 0 Å². The Morgan fingerprint density at radius 1 is 1.08 bits per heavy atom. The zero-order valence-electron chi connectivity index (χ0n) is 15.8. The predicted octanol–water partition coefficient (Wildman–Crippen LogP) is 5.60. The van der Waals surface area contributed by atoms with Gasteiger partial charge >= 0.3 is 0 Å². The summed E-state index contributed by atoms with van der Waals surface area (Å²) < 4.78 is 0. The minimum atomic E-state index is -0.00934. The number of benzene rings is 2. The standard InChI is InChI=1S/C22H27NO2/c1-6-18-17(14-25-24-5)8-7-9-19(18)16-10-11-21-20(12-16)15(2)13-22(3,4)23-21/h7-13,23H,6,14H2,1-5H3. The lowest BCUT2D eigenvalue weighted by Crippen LogP contribution is -2.31. The summed E-state index contributed by atoms with van der Waals surface area (Å²) in [5, 5.41) is 3.60. The van der Waals surface area contributed by atoms with Gasteiger partial charge in [-0.05, 0) is 67.2 Å². The summed E-state index contributed by atoms with van der Waals surface area (Å²) in [7, 11) is 1.54. The molecule has 0 spiro atoms. The van der Waals surface area contributed by atoms with E-state index in [1.165, 1.54) is 39.1 Å². The number of fused-ring (bicyclic) bond motifs is 1. The molecule has 0 saturated carbocycles. The molecular weight excluding hydrogens is 310 g/mol. The van der Waals surface area contributed by atoms with Gasteiger partial charge in [0.25, 0.3) is 0 Å². The molecule has 132 valence electrons. The van der Waals surface area contributed by atoms with Gasteiger partial charge in [-0.3, -0.25) is 0 Å². The molecule has 25 heavy (non-hydrogen) atoms. The van der Waals surface area contributed by atoms with Crippen LogP contribution in [0.3, 0.4) is 0 Å². The average Bonchev–Trinajstić information content (AvgIpc) is 2.58. The van der Waals surface area contributed by atoms with Crippen LogP contribution in [0.2, 0.25) is 0 Å². The highest BCUT2D eigenvalue weighted by Gasteiger charge is 2.22. The molecule has 1 heterocycles. The lowest BCUT2D eigenvalue weighted by molar-refractivity contribution is -0.282. The lowest BCUT2D eigenvalue weighted by Gasteiger charge is -2.31. The topological polar surface area (TPSA) is 30.5 Å². The first kappa shape index (κ1) is 17.7. The molecule has 3 rings (SSSR count). The molecule has 0 saturated heterocycles. The van der Waals surface area contributed by atoms with E-state index < -0.39 is 0 Å². The SMILES string of the molecule is CCc1c(COOC)cccc1-c1ccc2c(c1)C(C)=CC(C)(C)N2. The predicted molar refractivity (Wildman–Crippen MR) is 104 cm³/mol. The maximum Gasteiger partial charge on any atom is 0.108 e. The molecule has 0 atom stereocenters. The molecule has 1 aliphatic rings. The van der Waals surface area contributed by atoms with E-state index >= 15 is 0 Å². The zero-order valence-corrected chi connectivity index (χ0v) is 15.8. The van der Waals surface area contributed by atoms with Gasteiger partial charge in [0, 0.05) is 11.3 Å². The summed E-state index contributed by atoms with van der Waals surface area (Å²) in [6.45, 7) is 9.23. The monoisotopic (exact) mass is 337 g/mol. The second kappa shape index (κ2) is 7.03. The molecule has 0 aromatic heterocycles. The van der Waals surface area contributed by atoms with Crippen molar-refractivity contribution < 1.29 is 9.78 Å². The van der Waals surface area contributed by atoms with Crippen LogP contribution in [0.1, 0.15) is 44.4 Å². The fourth-order valence-electron chi connectivity index (χ4n) is 3.73. The average molecular weight is 337 g/mol. The highest BCUT2D eigenvalue weighted by atomic mass is 17.2. The molecule has 0 bridgehead atoms. The Labute approximate surface area is 150 Å². The first-order valence-corrected chi connectivity index (χ1v) is 8.84. The lowest BCUT2D eigenvalue weighted by atomic mass is 9.87. The zero-order chi connectivity index (χ0) is 18.0. The molecule has 3 heteroatoms. The van der Waals surface area contributed by atoms with E-state index in [1.54, 1.807) is 7.11 Å². The molecule has 0 aliphatic carbocycles. The third-order valence-corrected chi connectivity index (χ3v) is 4.75. The van der Waals surface area contributed by atoms with Crippen LogP contribution in [-0.4, -0.2) is 12.6 Å². The number of allylic oxidation sites excluding steroid dienone is 1. The maximum atomic E-state index is 5.16. The van der Waals surface area contributed by atoms with Gasteiger partial charge in [-0.25, -0.2) is 9.78 Å². The van der Waals surface area contributed by atoms with Crippen molar-refractivity contribution in [1.82, 2.24) is 0 Å². The number of hydrogen-bond donors (Lipinski definition) is 1. The van der Waals surface area contributed by atoms with E-state index in [0.29, 0.717) is 6.61 Å². The van der Waals surface area contributed by atoms with Crippen molar-refractivity contribution in [3.63, 3.8) is 0 Å². The summed E-state index contributed by atoms with van der Waals surface area (Å²) in [6.07, 6.45) is 3.25. The van der Waals surface area contributed by atoms with E-state index in [4.69, 9.17) is 9.78 Å². The number of hydrogen-bond acceptors (Lipinski definition) is 3. The molecule has 0 fully saturated rings. The summed E-state index contributed by atoms with van der Waals surface area (Å²) >= 11 is 0. The summed E-state index contributed by atoms with van der Waals surface area (Å²) in [5.41, 5.74) is 8.77. The Hall–Kier alpha value is -2.10. The van der Waals surface area contributed by atoms with E-state index in [1.807, 2.05) is 0 Å². The largest absolute Gasteiger partial charge is 0.376 e. The molecule has 0 unspecified atom stereocenters. The van der Waals surface area contributed by atoms with Crippen molar-refractivity contribution in [2.24, 2.45) is 0 Å². The Morgan fingerprint density at radius 2 is 1.88 bits per heavy atom. The van der Waals surface area contributed by atoms with Crippen molar-refractivity contribution >= 4 is 11.3 Å². The minimum absolute atomic E-state index is 0.00934. The van der Waals surface area contributed by atoms with Crippen LogP contribution in [0.15, 0.2) is 42.5 Å². The Balaban J connectivity index is 2.05. The van der Waals surface area contributed by atoms with Crippen LogP contribution in [0.25, 0.3) is 16.7 Å². The molecular formula is C22H27NO2. The van der Waals surface area contributed by atoms with Gasteiger partial charge in [0.2, 0.25) is 0 Å². The van der Waals surface area contributed by atoms with Crippen LogP contribution in [0, 0.1) is 0 Å². The summed E-state index contributed by atoms with van der Waals surface area (Å²) in [6, 6.07) is 13.1. The van der Waals surface area contributed by atoms with Crippen LogP contribution >= 0.6 is 0 Å². The molecule has 1 N–H and O–H groups in total. The smallest absolute Gasteiger partial charge is 0.108 e. The van der Waals surface area contributed by atoms with Crippen molar-refractivity contribution in [2.75, 3.05) is 12.4 Å². The summed E-state index contributed by atoms with van der Waals surface area (Å²) in [4.78, 5) is 9.95. The maximum absolute atomic E-state index is 5.16. The van der Waals surface area contributed by atoms with E-state index in [-0.39, 0.29) is 5.54 Å². The van der Waals surface area contributed by atoms with Gasteiger partial charge < -0.3 is 5.32 Å². The normalized spacial score (nSPS) is 15.3. The molecule has 0 radical (unpaired) electrons. The highest BCUT2D eigenvalue weighted by Crippen LogP contribution is 2.37. The first-order chi connectivity index (χ1) is 11.9. The minimum Gasteiger partial charge on any atom is -0.376 e. The molecule has 1 aliphatic heterocycles. The fraction of sp³-hybridized carbons (Fsp3) is 0.364. The van der Waals surface area contributed by atoms with Gasteiger partial charge in [-0.15, -0.1) is 0 Å². The van der Waals surface area contributed by atoms with Gasteiger partial charge in [-0.2, -0.15) is 0 Å². The van der Waals surface area contributed by atoms with Gasteiger partial charge in [0.1, 0.15) is 6.61 Å². The molecule has 3 nitrogen and oxygen atoms in total. The number of rotatable bonds is 5. The van der Waals surface area contributed by atoms with E-state index in [2.05, 4.69) is 75.5 Å². The Bertz CT molecular complexity index is 806. The second-order valence-corrected chi connectivity index (χ2v) is 7.16. The Kier molecular flexibility index (Phi) is 4.98. The molecule has 2 aromatic carbocycles. The number of nitrogens with one attached hydrogen (secondary N) is 1. The Morgan fingerprint density at radius 3 is 2.60 bits per heavy atom. The third kappa shape index (κ3) is 3.63. The quantitative estimate of drug-likeness (QED) is 0.569. The van der Waals surface area contributed by atoms with Crippen LogP contribution < -0.4 is 5.32 Å². The van der Waals surface area contributed by atoms with Crippen LogP contribution in [-0.2, 0) is 22.8 Å². The third-order valence-electron chi connectivity index (χ3n) is 4.75. The van der Waals surface area contributed by atoms with Crippen LogP contribution in [0.5, 0.6) is 0 Å². The van der Waals surface area contributed by atoms with E-state index in [0.717, 1.165) is 6.42 Å². The fourth-order valence-corrected chi connectivity index (χ4v) is 3.73. The van der Waals surface area contributed by atoms with Crippen molar-refractivity contribution in [3.8, 4) is 11.1 Å². The van der Waals surface area contributed by atoms with Crippen molar-refractivity contribution in [3.05, 3.63) is 59.2 Å². The first-order valence-electron chi connectivity index (χ1n) is 8.84. The highest BCUT2D eigenvalue weighted by molar-refractivity contribution is 5.84. The molecule has 2 aromatic rings. The van der Waals surface area contributed by atoms with E-state index in [9.17, 15) is 0 Å².